The molecular formula is C20H24FNO4. The maximum atomic E-state index is 13.4. The van der Waals surface area contributed by atoms with Gasteiger partial charge in [0.05, 0.1) is 5.69 Å². The summed E-state index contributed by atoms with van der Waals surface area (Å²) >= 11 is 0. The van der Waals surface area contributed by atoms with Gasteiger partial charge in [0.2, 0.25) is 0 Å². The molecule has 2 rings (SSSR count). The van der Waals surface area contributed by atoms with E-state index in [1.165, 1.54) is 12.1 Å². The molecule has 0 saturated carbocycles. The number of furan rings is 1. The van der Waals surface area contributed by atoms with Crippen LogP contribution in [0, 0.1) is 5.82 Å². The topological polar surface area (TPSA) is 71.7 Å². The van der Waals surface area contributed by atoms with Gasteiger partial charge in [-0.05, 0) is 49.3 Å². The van der Waals surface area contributed by atoms with Crippen molar-refractivity contribution in [2.24, 2.45) is 0 Å². The molecule has 0 atom stereocenters. The molecule has 0 aliphatic heterocycles. The van der Waals surface area contributed by atoms with Crippen molar-refractivity contribution in [2.45, 2.75) is 32.1 Å². The zero-order valence-corrected chi connectivity index (χ0v) is 14.6. The number of benzene rings is 1. The van der Waals surface area contributed by atoms with E-state index >= 15 is 0 Å². The van der Waals surface area contributed by atoms with Gasteiger partial charge in [-0.1, -0.05) is 25.0 Å². The van der Waals surface area contributed by atoms with Crippen molar-refractivity contribution in [3.63, 3.8) is 0 Å². The van der Waals surface area contributed by atoms with E-state index in [0.717, 1.165) is 37.9 Å². The lowest BCUT2D eigenvalue weighted by Crippen LogP contribution is -2.14. The Hall–Kier alpha value is -2.60. The number of nitrogens with one attached hydrogen (secondary N) is 1. The Balaban J connectivity index is 1.67. The smallest absolute Gasteiger partial charge is 0.412 e. The number of anilines is 1. The maximum Gasteiger partial charge on any atom is 0.412 e. The van der Waals surface area contributed by atoms with Crippen LogP contribution in [0.2, 0.25) is 0 Å². The molecule has 140 valence electrons. The van der Waals surface area contributed by atoms with Crippen LogP contribution in [-0.4, -0.2) is 24.4 Å². The van der Waals surface area contributed by atoms with Crippen molar-refractivity contribution < 1.29 is 23.4 Å². The molecular weight excluding hydrogens is 337 g/mol. The molecule has 0 radical (unpaired) electrons. The van der Waals surface area contributed by atoms with E-state index in [-0.39, 0.29) is 18.9 Å². The second-order valence-electron chi connectivity index (χ2n) is 5.80. The molecule has 2 aromatic rings. The Kier molecular flexibility index (Phi) is 8.42. The number of para-hydroxylation sites is 1. The highest BCUT2D eigenvalue weighted by molar-refractivity contribution is 5.84. The highest BCUT2D eigenvalue weighted by Crippen LogP contribution is 2.14. The minimum Gasteiger partial charge on any atom is -0.462 e. The Bertz CT molecular complexity index is 711. The first kappa shape index (κ1) is 19.7. The number of amides is 1. The average Bonchev–Trinajstić information content (AvgIpc) is 3.08. The number of hydrogen-bond donors (Lipinski definition) is 2. The minimum absolute atomic E-state index is 0.0531. The van der Waals surface area contributed by atoms with Crippen molar-refractivity contribution >= 4 is 17.9 Å². The van der Waals surface area contributed by atoms with E-state index in [9.17, 15) is 9.18 Å². The van der Waals surface area contributed by atoms with Gasteiger partial charge in [0.1, 0.15) is 23.9 Å². The summed E-state index contributed by atoms with van der Waals surface area (Å²) in [7, 11) is 0. The van der Waals surface area contributed by atoms with E-state index in [2.05, 4.69) is 5.32 Å². The number of hydrogen-bond acceptors (Lipinski definition) is 4. The van der Waals surface area contributed by atoms with E-state index in [0.29, 0.717) is 5.76 Å². The van der Waals surface area contributed by atoms with Crippen LogP contribution < -0.4 is 5.32 Å². The molecule has 0 aliphatic rings. The normalized spacial score (nSPS) is 11.0. The predicted octanol–water partition coefficient (Wildman–Crippen LogP) is 4.78. The fourth-order valence-corrected chi connectivity index (χ4v) is 2.38. The van der Waals surface area contributed by atoms with Gasteiger partial charge in [-0.15, -0.1) is 0 Å². The van der Waals surface area contributed by atoms with E-state index < -0.39 is 11.9 Å². The van der Waals surface area contributed by atoms with Gasteiger partial charge in [-0.2, -0.15) is 0 Å². The standard InChI is InChI=1S/C20H24FNO4/c21-18-10-4-5-11-19(18)22-20(24)25-15-7-9-17-13-12-16(26-17)8-3-1-2-6-14-23/h4-5,7,9-13,23H,1-3,6,8,14-15H2,(H,22,24). The van der Waals surface area contributed by atoms with Crippen LogP contribution in [0.3, 0.4) is 0 Å². The molecule has 0 saturated heterocycles. The van der Waals surface area contributed by atoms with Gasteiger partial charge in [0, 0.05) is 13.0 Å². The summed E-state index contributed by atoms with van der Waals surface area (Å²) in [4.78, 5) is 11.6. The van der Waals surface area contributed by atoms with Crippen molar-refractivity contribution in [1.82, 2.24) is 0 Å². The van der Waals surface area contributed by atoms with Crippen molar-refractivity contribution in [3.8, 4) is 0 Å². The third kappa shape index (κ3) is 7.11. The van der Waals surface area contributed by atoms with Crippen LogP contribution in [0.1, 0.15) is 37.2 Å². The molecule has 0 unspecified atom stereocenters. The van der Waals surface area contributed by atoms with Crippen LogP contribution >= 0.6 is 0 Å². The number of aryl methyl sites for hydroxylation is 1. The largest absolute Gasteiger partial charge is 0.462 e. The van der Waals surface area contributed by atoms with Crippen LogP contribution in [-0.2, 0) is 11.2 Å². The number of carbonyl (C=O) groups excluding carboxylic acids is 1. The lowest BCUT2D eigenvalue weighted by atomic mass is 10.1. The quantitative estimate of drug-likeness (QED) is 0.598. The van der Waals surface area contributed by atoms with Crippen LogP contribution in [0.5, 0.6) is 0 Å². The number of unbranched alkanes of at least 4 members (excludes halogenated alkanes) is 3. The molecule has 26 heavy (non-hydrogen) atoms. The Morgan fingerprint density at radius 3 is 2.77 bits per heavy atom. The summed E-state index contributed by atoms with van der Waals surface area (Å²) in [6.07, 6.45) is 7.49. The van der Waals surface area contributed by atoms with Gasteiger partial charge in [-0.3, -0.25) is 5.32 Å². The Morgan fingerprint density at radius 2 is 1.96 bits per heavy atom. The first-order chi connectivity index (χ1) is 12.7. The second kappa shape index (κ2) is 11.1. The van der Waals surface area contributed by atoms with Gasteiger partial charge >= 0.3 is 6.09 Å². The number of carbonyl (C=O) groups is 1. The van der Waals surface area contributed by atoms with Crippen molar-refractivity contribution in [3.05, 3.63) is 59.8 Å². The zero-order chi connectivity index (χ0) is 18.6. The second-order valence-corrected chi connectivity index (χ2v) is 5.80. The third-order valence-corrected chi connectivity index (χ3v) is 3.72. The molecule has 0 fully saturated rings. The van der Waals surface area contributed by atoms with Crippen LogP contribution in [0.4, 0.5) is 14.9 Å². The van der Waals surface area contributed by atoms with Gasteiger partial charge in [0.25, 0.3) is 0 Å². The lowest BCUT2D eigenvalue weighted by molar-refractivity contribution is 0.174. The fourth-order valence-electron chi connectivity index (χ4n) is 2.38. The summed E-state index contributed by atoms with van der Waals surface area (Å²) in [6, 6.07) is 9.68. The van der Waals surface area contributed by atoms with Crippen LogP contribution in [0.25, 0.3) is 6.08 Å². The Labute approximate surface area is 152 Å². The molecule has 6 heteroatoms. The molecule has 5 nitrogen and oxygen atoms in total. The molecule has 2 N–H and O–H groups in total. The van der Waals surface area contributed by atoms with Crippen molar-refractivity contribution in [2.75, 3.05) is 18.5 Å². The van der Waals surface area contributed by atoms with Gasteiger partial charge in [-0.25, -0.2) is 9.18 Å². The monoisotopic (exact) mass is 361 g/mol. The molecule has 0 aliphatic carbocycles. The molecule has 1 heterocycles. The Morgan fingerprint density at radius 1 is 1.15 bits per heavy atom. The summed E-state index contributed by atoms with van der Waals surface area (Å²) in [5.74, 6) is 1.08. The number of halogens is 1. The third-order valence-electron chi connectivity index (χ3n) is 3.72. The molecule has 1 aromatic heterocycles. The van der Waals surface area contributed by atoms with E-state index in [4.69, 9.17) is 14.3 Å². The predicted molar refractivity (Wildman–Crippen MR) is 98.4 cm³/mol. The number of ether oxygens (including phenoxy) is 1. The number of rotatable bonds is 10. The molecule has 1 amide bonds. The first-order valence-electron chi connectivity index (χ1n) is 8.73. The van der Waals surface area contributed by atoms with Gasteiger partial charge in [0.15, 0.2) is 0 Å². The van der Waals surface area contributed by atoms with Gasteiger partial charge < -0.3 is 14.3 Å². The summed E-state index contributed by atoms with van der Waals surface area (Å²) in [6.45, 7) is 0.299. The van der Waals surface area contributed by atoms with E-state index in [1.54, 1.807) is 24.3 Å². The van der Waals surface area contributed by atoms with Crippen molar-refractivity contribution in [1.29, 1.82) is 0 Å². The molecule has 0 bridgehead atoms. The zero-order valence-electron chi connectivity index (χ0n) is 14.6. The highest BCUT2D eigenvalue weighted by atomic mass is 19.1. The lowest BCUT2D eigenvalue weighted by Gasteiger charge is -2.05. The minimum atomic E-state index is -0.720. The maximum absolute atomic E-state index is 13.4. The molecule has 0 spiro atoms. The SMILES string of the molecule is O=C(Nc1ccccc1F)OCC=Cc1ccc(CCCCCCO)o1. The number of aliphatic hydroxyl groups is 1. The fraction of sp³-hybridized carbons (Fsp3) is 0.350. The number of aliphatic hydroxyl groups excluding tert-OH is 1. The van der Waals surface area contributed by atoms with Crippen LogP contribution in [0.15, 0.2) is 46.9 Å². The average molecular weight is 361 g/mol. The summed E-state index contributed by atoms with van der Waals surface area (Å²) in [5.41, 5.74) is 0.0798. The summed E-state index contributed by atoms with van der Waals surface area (Å²) < 4.78 is 24.0. The highest BCUT2D eigenvalue weighted by Gasteiger charge is 2.06. The first-order valence-corrected chi connectivity index (χ1v) is 8.73. The molecule has 1 aromatic carbocycles. The van der Waals surface area contributed by atoms with E-state index in [1.807, 2.05) is 12.1 Å². The summed E-state index contributed by atoms with van der Waals surface area (Å²) in [5, 5.41) is 11.1.